The molecule has 48 valence electrons. The largest absolute Gasteiger partial charge is 0.392 e. The van der Waals surface area contributed by atoms with Crippen molar-refractivity contribution in [3.8, 4) is 0 Å². The van der Waals surface area contributed by atoms with E-state index in [1.54, 1.807) is 0 Å². The molecule has 0 radical (unpaired) electrons. The van der Waals surface area contributed by atoms with Crippen molar-refractivity contribution >= 4 is 0 Å². The van der Waals surface area contributed by atoms with Gasteiger partial charge in [0.25, 0.3) is 0 Å². The molecule has 0 aliphatic carbocycles. The molecule has 0 saturated heterocycles. The lowest BCUT2D eigenvalue weighted by Gasteiger charge is -1.94. The predicted octanol–water partition coefficient (Wildman–Crippen LogP) is -0.445. The fourth-order valence-electron chi connectivity index (χ4n) is 0.538. The molecule has 4 N–H and O–H groups in total. The van der Waals surface area contributed by atoms with Gasteiger partial charge in [0.2, 0.25) is 0 Å². The lowest BCUT2D eigenvalue weighted by molar-refractivity contribution is -0.397. The lowest BCUT2D eigenvalue weighted by atomic mass is 10.2. The van der Waals surface area contributed by atoms with E-state index in [1.807, 2.05) is 19.9 Å². The van der Waals surface area contributed by atoms with E-state index in [4.69, 9.17) is 5.11 Å². The molecule has 0 spiro atoms. The van der Waals surface area contributed by atoms with E-state index in [2.05, 4.69) is 5.73 Å². The third kappa shape index (κ3) is 3.84. The third-order valence-corrected chi connectivity index (χ3v) is 0.818. The number of quaternary nitrogens is 1. The van der Waals surface area contributed by atoms with E-state index in [0.717, 1.165) is 5.57 Å². The van der Waals surface area contributed by atoms with Crippen molar-refractivity contribution in [3.63, 3.8) is 0 Å². The van der Waals surface area contributed by atoms with Gasteiger partial charge in [-0.2, -0.15) is 0 Å². The van der Waals surface area contributed by atoms with Crippen molar-refractivity contribution in [2.75, 3.05) is 6.61 Å². The van der Waals surface area contributed by atoms with Gasteiger partial charge in [-0.1, -0.05) is 0 Å². The minimum Gasteiger partial charge on any atom is -0.392 e. The molecule has 0 saturated carbocycles. The predicted molar refractivity (Wildman–Crippen MR) is 33.2 cm³/mol. The van der Waals surface area contributed by atoms with Gasteiger partial charge in [-0.3, -0.25) is 0 Å². The normalized spacial score (nSPS) is 16.2. The van der Waals surface area contributed by atoms with Crippen molar-refractivity contribution in [2.45, 2.75) is 19.9 Å². The zero-order valence-electron chi connectivity index (χ0n) is 5.52. The van der Waals surface area contributed by atoms with Gasteiger partial charge >= 0.3 is 0 Å². The summed E-state index contributed by atoms with van der Waals surface area (Å²) in [5, 5.41) is 8.49. The summed E-state index contributed by atoms with van der Waals surface area (Å²) in [5.41, 5.74) is 4.73. The van der Waals surface area contributed by atoms with Crippen LogP contribution in [0.5, 0.6) is 0 Å². The van der Waals surface area contributed by atoms with Crippen LogP contribution >= 0.6 is 0 Å². The first-order chi connectivity index (χ1) is 3.66. The summed E-state index contributed by atoms with van der Waals surface area (Å²) in [5.74, 6) is 0. The summed E-state index contributed by atoms with van der Waals surface area (Å²) in [4.78, 5) is 0. The van der Waals surface area contributed by atoms with Crippen LogP contribution < -0.4 is 5.73 Å². The number of aliphatic hydroxyl groups excluding tert-OH is 1. The van der Waals surface area contributed by atoms with Crippen molar-refractivity contribution < 1.29 is 10.8 Å². The fourth-order valence-corrected chi connectivity index (χ4v) is 0.538. The minimum absolute atomic E-state index is 0.153. The summed E-state index contributed by atoms with van der Waals surface area (Å²) >= 11 is 0. The van der Waals surface area contributed by atoms with Gasteiger partial charge in [0, 0.05) is 0 Å². The second-order valence-corrected chi connectivity index (χ2v) is 2.15. The summed E-state index contributed by atoms with van der Waals surface area (Å²) in [7, 11) is 0. The van der Waals surface area contributed by atoms with Crippen molar-refractivity contribution in [2.24, 2.45) is 0 Å². The second-order valence-electron chi connectivity index (χ2n) is 2.15. The molecule has 0 aromatic carbocycles. The highest BCUT2D eigenvalue weighted by Gasteiger charge is 1.90. The topological polar surface area (TPSA) is 47.9 Å². The lowest BCUT2D eigenvalue weighted by Crippen LogP contribution is -2.58. The third-order valence-electron chi connectivity index (χ3n) is 0.818. The summed E-state index contributed by atoms with van der Waals surface area (Å²) in [6, 6.07) is 0.308. The first kappa shape index (κ1) is 7.66. The number of aliphatic hydroxyl groups is 1. The molecule has 2 nitrogen and oxygen atoms in total. The molecule has 0 aromatic rings. The van der Waals surface area contributed by atoms with E-state index >= 15 is 0 Å². The monoisotopic (exact) mass is 116 g/mol. The van der Waals surface area contributed by atoms with Gasteiger partial charge in [0.1, 0.15) is 6.04 Å². The molecule has 0 aliphatic heterocycles. The van der Waals surface area contributed by atoms with Gasteiger partial charge in [-0.15, -0.1) is 0 Å². The molecule has 0 rings (SSSR count). The van der Waals surface area contributed by atoms with Crippen LogP contribution in [0.4, 0.5) is 0 Å². The molecule has 2 heteroatoms. The van der Waals surface area contributed by atoms with Gasteiger partial charge in [0.05, 0.1) is 6.61 Å². The van der Waals surface area contributed by atoms with Crippen LogP contribution in [-0.4, -0.2) is 17.8 Å². The average molecular weight is 116 g/mol. The van der Waals surface area contributed by atoms with Crippen LogP contribution in [0.15, 0.2) is 11.6 Å². The highest BCUT2D eigenvalue weighted by molar-refractivity contribution is 4.99. The first-order valence-corrected chi connectivity index (χ1v) is 2.78. The van der Waals surface area contributed by atoms with Gasteiger partial charge in [-0.05, 0) is 25.5 Å². The fraction of sp³-hybridized carbons (Fsp3) is 0.667. The van der Waals surface area contributed by atoms with Crippen LogP contribution in [0, 0.1) is 0 Å². The van der Waals surface area contributed by atoms with Crippen molar-refractivity contribution in [1.29, 1.82) is 0 Å². The van der Waals surface area contributed by atoms with E-state index in [0.29, 0.717) is 6.04 Å². The Morgan fingerprint density at radius 3 is 2.50 bits per heavy atom. The molecule has 8 heavy (non-hydrogen) atoms. The van der Waals surface area contributed by atoms with Crippen molar-refractivity contribution in [1.82, 2.24) is 0 Å². The van der Waals surface area contributed by atoms with Gasteiger partial charge in [0.15, 0.2) is 0 Å². The van der Waals surface area contributed by atoms with Crippen LogP contribution in [0.1, 0.15) is 13.8 Å². The van der Waals surface area contributed by atoms with Crippen molar-refractivity contribution in [3.05, 3.63) is 11.6 Å². The average Bonchev–Trinajstić information content (AvgIpc) is 1.65. The molecule has 0 aromatic heterocycles. The number of hydrogen-bond acceptors (Lipinski definition) is 1. The standard InChI is InChI=1S/C6H13NO/c1-5(4-8)3-6(2)7/h3,6,8H,4,7H2,1-2H3/p+1/b5-3-/t6-/m1/s1. The maximum atomic E-state index is 8.49. The van der Waals surface area contributed by atoms with Crippen LogP contribution in [0.3, 0.4) is 0 Å². The molecule has 0 unspecified atom stereocenters. The maximum Gasteiger partial charge on any atom is 0.100 e. The molecule has 0 heterocycles. The smallest absolute Gasteiger partial charge is 0.100 e. The second kappa shape index (κ2) is 3.64. The first-order valence-electron chi connectivity index (χ1n) is 2.78. The molecule has 0 aliphatic rings. The Morgan fingerprint density at radius 2 is 2.38 bits per heavy atom. The molecule has 0 amide bonds. The highest BCUT2D eigenvalue weighted by Crippen LogP contribution is 1.89. The van der Waals surface area contributed by atoms with Crippen LogP contribution in [0.2, 0.25) is 0 Å². The Bertz CT molecular complexity index is 86.5. The van der Waals surface area contributed by atoms with Crippen LogP contribution in [0.25, 0.3) is 0 Å². The summed E-state index contributed by atoms with van der Waals surface area (Å²) in [6.45, 7) is 4.03. The maximum absolute atomic E-state index is 8.49. The Morgan fingerprint density at radius 1 is 1.88 bits per heavy atom. The van der Waals surface area contributed by atoms with Gasteiger partial charge < -0.3 is 10.8 Å². The molecular formula is C6H14NO+. The van der Waals surface area contributed by atoms with Crippen LogP contribution in [-0.2, 0) is 0 Å². The number of hydrogen-bond donors (Lipinski definition) is 2. The molecule has 0 fully saturated rings. The Kier molecular flexibility index (Phi) is 3.48. The van der Waals surface area contributed by atoms with E-state index in [1.165, 1.54) is 0 Å². The minimum atomic E-state index is 0.153. The zero-order valence-corrected chi connectivity index (χ0v) is 5.52. The summed E-state index contributed by atoms with van der Waals surface area (Å²) < 4.78 is 0. The van der Waals surface area contributed by atoms with E-state index < -0.39 is 0 Å². The Hall–Kier alpha value is -0.340. The Balaban J connectivity index is 3.56. The van der Waals surface area contributed by atoms with E-state index in [9.17, 15) is 0 Å². The summed E-state index contributed by atoms with van der Waals surface area (Å²) in [6.07, 6.45) is 1.94. The quantitative estimate of drug-likeness (QED) is 0.472. The molecular weight excluding hydrogens is 102 g/mol. The van der Waals surface area contributed by atoms with Gasteiger partial charge in [-0.25, -0.2) is 0 Å². The molecule has 0 bridgehead atoms. The number of rotatable bonds is 2. The molecule has 1 atom stereocenters. The highest BCUT2D eigenvalue weighted by atomic mass is 16.3. The zero-order chi connectivity index (χ0) is 6.57. The van der Waals surface area contributed by atoms with E-state index in [-0.39, 0.29) is 6.61 Å². The SMILES string of the molecule is C/C(=C/[C@@H](C)[NH3+])CO. The Labute approximate surface area is 50.0 Å².